The molecule has 2 rings (SSSR count). The molecule has 2 aromatic rings. The highest BCUT2D eigenvalue weighted by Crippen LogP contribution is 2.25. The number of hydrogen-bond acceptors (Lipinski definition) is 3. The van der Waals surface area contributed by atoms with Gasteiger partial charge in [0.2, 0.25) is 0 Å². The van der Waals surface area contributed by atoms with Gasteiger partial charge in [-0.2, -0.15) is 0 Å². The average Bonchev–Trinajstić information content (AvgIpc) is 2.47. The zero-order valence-electron chi connectivity index (χ0n) is 11.8. The van der Waals surface area contributed by atoms with Gasteiger partial charge in [-0.3, -0.25) is 4.31 Å². The molecular formula is C15H16ClNO3S. The summed E-state index contributed by atoms with van der Waals surface area (Å²) in [7, 11) is -2.12. The number of anilines is 1. The Morgan fingerprint density at radius 3 is 2.38 bits per heavy atom. The zero-order chi connectivity index (χ0) is 15.5. The van der Waals surface area contributed by atoms with Gasteiger partial charge in [-0.05, 0) is 49.4 Å². The van der Waals surface area contributed by atoms with Gasteiger partial charge in [0.05, 0.1) is 17.2 Å². The van der Waals surface area contributed by atoms with Crippen LogP contribution in [0, 0.1) is 0 Å². The fraction of sp³-hybridized carbons (Fsp3) is 0.200. The first-order valence-corrected chi connectivity index (χ1v) is 8.24. The molecule has 112 valence electrons. The summed E-state index contributed by atoms with van der Waals surface area (Å²) in [5.74, 6) is 0.641. The van der Waals surface area contributed by atoms with E-state index in [1.54, 1.807) is 36.4 Å². The Labute approximate surface area is 130 Å². The highest BCUT2D eigenvalue weighted by Gasteiger charge is 2.21. The maximum Gasteiger partial charge on any atom is 0.264 e. The number of benzene rings is 2. The van der Waals surface area contributed by atoms with Crippen LogP contribution in [0.4, 0.5) is 5.69 Å². The van der Waals surface area contributed by atoms with E-state index in [9.17, 15) is 8.42 Å². The molecular weight excluding hydrogens is 310 g/mol. The molecule has 0 aliphatic heterocycles. The van der Waals surface area contributed by atoms with Crippen LogP contribution in [-0.2, 0) is 10.0 Å². The van der Waals surface area contributed by atoms with E-state index in [0.29, 0.717) is 23.1 Å². The maximum absolute atomic E-state index is 12.6. The van der Waals surface area contributed by atoms with Gasteiger partial charge in [0, 0.05) is 12.1 Å². The summed E-state index contributed by atoms with van der Waals surface area (Å²) in [6.07, 6.45) is 0. The number of sulfonamides is 1. The summed E-state index contributed by atoms with van der Waals surface area (Å²) in [4.78, 5) is 0.202. The van der Waals surface area contributed by atoms with Crippen molar-refractivity contribution in [3.8, 4) is 5.75 Å². The van der Waals surface area contributed by atoms with Crippen molar-refractivity contribution >= 4 is 27.3 Å². The molecule has 0 atom stereocenters. The quantitative estimate of drug-likeness (QED) is 0.844. The number of halogens is 1. The minimum absolute atomic E-state index is 0.202. The van der Waals surface area contributed by atoms with Gasteiger partial charge in [0.15, 0.2) is 0 Å². The van der Waals surface area contributed by atoms with Gasteiger partial charge in [0.1, 0.15) is 5.75 Å². The van der Waals surface area contributed by atoms with E-state index >= 15 is 0 Å². The minimum Gasteiger partial charge on any atom is -0.494 e. The lowest BCUT2D eigenvalue weighted by Gasteiger charge is -2.19. The van der Waals surface area contributed by atoms with E-state index < -0.39 is 10.0 Å². The molecule has 0 unspecified atom stereocenters. The van der Waals surface area contributed by atoms with E-state index in [4.69, 9.17) is 16.3 Å². The lowest BCUT2D eigenvalue weighted by atomic mass is 10.3. The first-order chi connectivity index (χ1) is 9.95. The van der Waals surface area contributed by atoms with Gasteiger partial charge in [-0.15, -0.1) is 0 Å². The molecule has 0 spiro atoms. The van der Waals surface area contributed by atoms with Gasteiger partial charge >= 0.3 is 0 Å². The Bertz CT molecular complexity index is 714. The van der Waals surface area contributed by atoms with Crippen molar-refractivity contribution in [3.05, 3.63) is 53.6 Å². The maximum atomic E-state index is 12.6. The van der Waals surface area contributed by atoms with E-state index in [-0.39, 0.29) is 4.90 Å². The molecule has 0 aliphatic carbocycles. The molecule has 0 saturated heterocycles. The zero-order valence-corrected chi connectivity index (χ0v) is 13.4. The molecule has 4 nitrogen and oxygen atoms in total. The van der Waals surface area contributed by atoms with E-state index in [1.807, 2.05) is 6.92 Å². The predicted octanol–water partition coefficient (Wildman–Crippen LogP) is 3.56. The van der Waals surface area contributed by atoms with Gasteiger partial charge < -0.3 is 4.74 Å². The molecule has 0 aromatic heterocycles. The van der Waals surface area contributed by atoms with Crippen LogP contribution >= 0.6 is 11.6 Å². The summed E-state index contributed by atoms with van der Waals surface area (Å²) in [6, 6.07) is 13.0. The number of ether oxygens (including phenoxy) is 1. The number of hydrogen-bond donors (Lipinski definition) is 0. The Balaban J connectivity index is 2.32. The van der Waals surface area contributed by atoms with Crippen LogP contribution in [0.15, 0.2) is 53.4 Å². The standard InChI is InChI=1S/C15H16ClNO3S/c1-3-20-14-7-9-15(10-8-14)21(18,19)17(2)13-6-4-5-12(16)11-13/h4-11H,3H2,1-2H3. The molecule has 0 fully saturated rings. The van der Waals surface area contributed by atoms with Crippen LogP contribution in [0.25, 0.3) is 0 Å². The second-order valence-electron chi connectivity index (χ2n) is 4.36. The molecule has 0 heterocycles. The third-order valence-corrected chi connectivity index (χ3v) is 5.00. The monoisotopic (exact) mass is 325 g/mol. The van der Waals surface area contributed by atoms with Crippen LogP contribution < -0.4 is 9.04 Å². The Hall–Kier alpha value is -1.72. The Morgan fingerprint density at radius 2 is 1.81 bits per heavy atom. The van der Waals surface area contributed by atoms with Crippen LogP contribution in [0.5, 0.6) is 5.75 Å². The normalized spacial score (nSPS) is 11.2. The van der Waals surface area contributed by atoms with E-state index in [2.05, 4.69) is 0 Å². The smallest absolute Gasteiger partial charge is 0.264 e. The lowest BCUT2D eigenvalue weighted by Crippen LogP contribution is -2.26. The van der Waals surface area contributed by atoms with Crippen molar-refractivity contribution in [2.24, 2.45) is 0 Å². The SMILES string of the molecule is CCOc1ccc(S(=O)(=O)N(C)c2cccc(Cl)c2)cc1. The third kappa shape index (κ3) is 3.49. The minimum atomic E-state index is -3.62. The van der Waals surface area contributed by atoms with Gasteiger partial charge in [-0.1, -0.05) is 17.7 Å². The topological polar surface area (TPSA) is 46.6 Å². The summed E-state index contributed by atoms with van der Waals surface area (Å²) in [5.41, 5.74) is 0.511. The Kier molecular flexibility index (Phi) is 4.75. The molecule has 0 aliphatic rings. The van der Waals surface area contributed by atoms with Crippen LogP contribution in [0.2, 0.25) is 5.02 Å². The van der Waals surface area contributed by atoms with Gasteiger partial charge in [-0.25, -0.2) is 8.42 Å². The van der Waals surface area contributed by atoms with Crippen molar-refractivity contribution < 1.29 is 13.2 Å². The molecule has 0 amide bonds. The van der Waals surface area contributed by atoms with Crippen molar-refractivity contribution in [2.45, 2.75) is 11.8 Å². The van der Waals surface area contributed by atoms with Crippen LogP contribution in [0.1, 0.15) is 6.92 Å². The molecule has 0 N–H and O–H groups in total. The third-order valence-electron chi connectivity index (χ3n) is 2.96. The lowest BCUT2D eigenvalue weighted by molar-refractivity contribution is 0.340. The van der Waals surface area contributed by atoms with Crippen LogP contribution in [0.3, 0.4) is 0 Å². The molecule has 0 saturated carbocycles. The fourth-order valence-corrected chi connectivity index (χ4v) is 3.22. The predicted molar refractivity (Wildman–Crippen MR) is 84.7 cm³/mol. The second-order valence-corrected chi connectivity index (χ2v) is 6.76. The summed E-state index contributed by atoms with van der Waals surface area (Å²) in [5, 5.41) is 0.487. The summed E-state index contributed by atoms with van der Waals surface area (Å²) < 4.78 is 31.6. The molecule has 2 aromatic carbocycles. The van der Waals surface area contributed by atoms with E-state index in [1.165, 1.54) is 23.5 Å². The van der Waals surface area contributed by atoms with Crippen molar-refractivity contribution in [3.63, 3.8) is 0 Å². The molecule has 0 radical (unpaired) electrons. The summed E-state index contributed by atoms with van der Waals surface area (Å²) in [6.45, 7) is 2.41. The van der Waals surface area contributed by atoms with Crippen molar-refractivity contribution in [2.75, 3.05) is 18.0 Å². The first-order valence-electron chi connectivity index (χ1n) is 6.42. The number of rotatable bonds is 5. The van der Waals surface area contributed by atoms with Crippen LogP contribution in [-0.4, -0.2) is 22.1 Å². The van der Waals surface area contributed by atoms with Gasteiger partial charge in [0.25, 0.3) is 10.0 Å². The van der Waals surface area contributed by atoms with Crippen molar-refractivity contribution in [1.82, 2.24) is 0 Å². The fourth-order valence-electron chi connectivity index (χ4n) is 1.84. The van der Waals surface area contributed by atoms with Crippen molar-refractivity contribution in [1.29, 1.82) is 0 Å². The average molecular weight is 326 g/mol. The highest BCUT2D eigenvalue weighted by molar-refractivity contribution is 7.92. The number of nitrogens with zero attached hydrogens (tertiary/aromatic N) is 1. The highest BCUT2D eigenvalue weighted by atomic mass is 35.5. The van der Waals surface area contributed by atoms with E-state index in [0.717, 1.165) is 0 Å². The molecule has 21 heavy (non-hydrogen) atoms. The Morgan fingerprint density at radius 1 is 1.14 bits per heavy atom. The molecule has 0 bridgehead atoms. The second kappa shape index (κ2) is 6.37. The first kappa shape index (κ1) is 15.7. The largest absolute Gasteiger partial charge is 0.494 e. The molecule has 6 heteroatoms. The summed E-state index contributed by atoms with van der Waals surface area (Å²) >= 11 is 5.90.